The van der Waals surface area contributed by atoms with E-state index >= 15 is 0 Å². The molecule has 0 heterocycles. The molecule has 2 rings (SSSR count). The van der Waals surface area contributed by atoms with Crippen molar-refractivity contribution in [1.29, 1.82) is 0 Å². The molecule has 5 nitrogen and oxygen atoms in total. The maximum Gasteiger partial charge on any atom is 0.139 e. The molecule has 0 amide bonds. The van der Waals surface area contributed by atoms with Crippen molar-refractivity contribution in [2.45, 2.75) is 13.8 Å². The fraction of sp³-hybridized carbons (Fsp3) is 0.143. The standard InChI is InChI=1S/C14H18N4O/c1-7-3-11(17)12(5-9(7)15)18-13-6-10(16)8(2)4-14(13)19/h3-6,18-19H,15-17H2,1-2H3. The summed E-state index contributed by atoms with van der Waals surface area (Å²) in [5.41, 5.74) is 22.3. The van der Waals surface area contributed by atoms with Crippen LogP contribution in [0.15, 0.2) is 24.3 Å². The largest absolute Gasteiger partial charge is 0.506 e. The second-order valence-electron chi connectivity index (χ2n) is 4.65. The van der Waals surface area contributed by atoms with Gasteiger partial charge in [0.05, 0.1) is 17.1 Å². The van der Waals surface area contributed by atoms with Crippen molar-refractivity contribution in [2.75, 3.05) is 22.5 Å². The number of hydrogen-bond acceptors (Lipinski definition) is 5. The molecule has 2 aromatic rings. The van der Waals surface area contributed by atoms with Crippen LogP contribution in [0.2, 0.25) is 0 Å². The van der Waals surface area contributed by atoms with Gasteiger partial charge >= 0.3 is 0 Å². The number of phenolic OH excluding ortho intramolecular Hbond substituents is 1. The summed E-state index contributed by atoms with van der Waals surface area (Å²) in [5, 5.41) is 12.9. The summed E-state index contributed by atoms with van der Waals surface area (Å²) in [6.45, 7) is 3.72. The molecule has 0 aliphatic rings. The molecule has 0 aliphatic carbocycles. The van der Waals surface area contributed by atoms with Gasteiger partial charge < -0.3 is 27.6 Å². The smallest absolute Gasteiger partial charge is 0.139 e. The van der Waals surface area contributed by atoms with Crippen LogP contribution in [0.1, 0.15) is 11.1 Å². The highest BCUT2D eigenvalue weighted by atomic mass is 16.3. The first-order valence-electron chi connectivity index (χ1n) is 5.90. The third kappa shape index (κ3) is 2.49. The van der Waals surface area contributed by atoms with Crippen LogP contribution in [0.25, 0.3) is 0 Å². The van der Waals surface area contributed by atoms with E-state index in [9.17, 15) is 5.11 Å². The Morgan fingerprint density at radius 3 is 1.95 bits per heavy atom. The Morgan fingerprint density at radius 2 is 1.32 bits per heavy atom. The molecule has 0 atom stereocenters. The predicted octanol–water partition coefficient (Wildman–Crippen LogP) is 2.50. The molecule has 0 spiro atoms. The number of phenols is 1. The number of nitrogens with one attached hydrogen (secondary N) is 1. The Balaban J connectivity index is 2.42. The fourth-order valence-electron chi connectivity index (χ4n) is 1.81. The Bertz CT molecular complexity index is 582. The topological polar surface area (TPSA) is 110 Å². The average Bonchev–Trinajstić information content (AvgIpc) is 2.32. The van der Waals surface area contributed by atoms with Crippen molar-refractivity contribution in [3.8, 4) is 5.75 Å². The second kappa shape index (κ2) is 4.61. The van der Waals surface area contributed by atoms with Gasteiger partial charge in [0.15, 0.2) is 0 Å². The van der Waals surface area contributed by atoms with Crippen LogP contribution < -0.4 is 22.5 Å². The SMILES string of the molecule is Cc1cc(N)c(Nc2cc(N)c(C)cc2O)cc1N. The molecular weight excluding hydrogens is 240 g/mol. The number of aromatic hydroxyl groups is 1. The molecule has 100 valence electrons. The molecule has 0 fully saturated rings. The first kappa shape index (κ1) is 12.9. The average molecular weight is 258 g/mol. The second-order valence-corrected chi connectivity index (χ2v) is 4.65. The van der Waals surface area contributed by atoms with Gasteiger partial charge in [-0.25, -0.2) is 0 Å². The Labute approximate surface area is 112 Å². The third-order valence-corrected chi connectivity index (χ3v) is 3.09. The Kier molecular flexibility index (Phi) is 3.12. The van der Waals surface area contributed by atoms with Crippen LogP contribution >= 0.6 is 0 Å². The van der Waals surface area contributed by atoms with Crippen molar-refractivity contribution in [3.63, 3.8) is 0 Å². The highest BCUT2D eigenvalue weighted by molar-refractivity contribution is 5.80. The van der Waals surface area contributed by atoms with Gasteiger partial charge in [-0.1, -0.05) is 0 Å². The maximum absolute atomic E-state index is 9.90. The van der Waals surface area contributed by atoms with E-state index in [-0.39, 0.29) is 5.75 Å². The molecule has 19 heavy (non-hydrogen) atoms. The number of aryl methyl sites for hydroxylation is 2. The molecule has 2 aromatic carbocycles. The molecule has 0 saturated heterocycles. The van der Waals surface area contributed by atoms with Crippen LogP contribution in [0.3, 0.4) is 0 Å². The molecule has 0 aromatic heterocycles. The molecule has 0 bridgehead atoms. The minimum absolute atomic E-state index is 0.116. The summed E-state index contributed by atoms with van der Waals surface area (Å²) in [7, 11) is 0. The van der Waals surface area contributed by atoms with E-state index in [1.165, 1.54) is 0 Å². The van der Waals surface area contributed by atoms with Crippen LogP contribution in [0.4, 0.5) is 28.4 Å². The van der Waals surface area contributed by atoms with E-state index in [0.717, 1.165) is 11.1 Å². The van der Waals surface area contributed by atoms with E-state index in [2.05, 4.69) is 5.32 Å². The first-order valence-corrected chi connectivity index (χ1v) is 5.90. The minimum Gasteiger partial charge on any atom is -0.506 e. The van der Waals surface area contributed by atoms with E-state index in [0.29, 0.717) is 28.4 Å². The molecule has 5 heteroatoms. The van der Waals surface area contributed by atoms with Crippen LogP contribution in [0, 0.1) is 13.8 Å². The first-order chi connectivity index (χ1) is 8.88. The quantitative estimate of drug-likeness (QED) is 0.323. The number of anilines is 5. The lowest BCUT2D eigenvalue weighted by Gasteiger charge is -2.14. The number of benzene rings is 2. The Morgan fingerprint density at radius 1 is 0.789 bits per heavy atom. The van der Waals surface area contributed by atoms with Gasteiger partial charge in [0.2, 0.25) is 0 Å². The molecule has 0 radical (unpaired) electrons. The van der Waals surface area contributed by atoms with Gasteiger partial charge in [0.1, 0.15) is 5.75 Å². The lowest BCUT2D eigenvalue weighted by atomic mass is 10.1. The number of rotatable bonds is 2. The zero-order valence-corrected chi connectivity index (χ0v) is 11.0. The third-order valence-electron chi connectivity index (χ3n) is 3.09. The van der Waals surface area contributed by atoms with Crippen molar-refractivity contribution in [2.24, 2.45) is 0 Å². The normalized spacial score (nSPS) is 10.4. The van der Waals surface area contributed by atoms with E-state index < -0.39 is 0 Å². The zero-order valence-electron chi connectivity index (χ0n) is 11.0. The molecule has 8 N–H and O–H groups in total. The van der Waals surface area contributed by atoms with Gasteiger partial charge in [-0.2, -0.15) is 0 Å². The van der Waals surface area contributed by atoms with Gasteiger partial charge in [0, 0.05) is 11.4 Å². The predicted molar refractivity (Wildman–Crippen MR) is 80.5 cm³/mol. The van der Waals surface area contributed by atoms with Crippen LogP contribution in [0.5, 0.6) is 5.75 Å². The van der Waals surface area contributed by atoms with Crippen LogP contribution in [-0.4, -0.2) is 5.11 Å². The van der Waals surface area contributed by atoms with Crippen LogP contribution in [-0.2, 0) is 0 Å². The van der Waals surface area contributed by atoms with Crippen molar-refractivity contribution in [3.05, 3.63) is 35.4 Å². The fourth-order valence-corrected chi connectivity index (χ4v) is 1.81. The van der Waals surface area contributed by atoms with Gasteiger partial charge in [0.25, 0.3) is 0 Å². The molecule has 0 unspecified atom stereocenters. The number of hydrogen-bond donors (Lipinski definition) is 5. The van der Waals surface area contributed by atoms with Crippen molar-refractivity contribution >= 4 is 28.4 Å². The van der Waals surface area contributed by atoms with Gasteiger partial charge in [-0.3, -0.25) is 0 Å². The van der Waals surface area contributed by atoms with E-state index in [1.807, 2.05) is 13.8 Å². The summed E-state index contributed by atoms with van der Waals surface area (Å²) in [6.07, 6.45) is 0. The molecule has 0 saturated carbocycles. The van der Waals surface area contributed by atoms with Crippen molar-refractivity contribution in [1.82, 2.24) is 0 Å². The lowest BCUT2D eigenvalue weighted by Crippen LogP contribution is -2.01. The summed E-state index contributed by atoms with van der Waals surface area (Å²) >= 11 is 0. The summed E-state index contributed by atoms with van der Waals surface area (Å²) in [4.78, 5) is 0. The number of nitrogen functional groups attached to an aromatic ring is 3. The zero-order chi connectivity index (χ0) is 14.2. The summed E-state index contributed by atoms with van der Waals surface area (Å²) < 4.78 is 0. The van der Waals surface area contributed by atoms with Gasteiger partial charge in [-0.15, -0.1) is 0 Å². The van der Waals surface area contributed by atoms with Crippen molar-refractivity contribution < 1.29 is 5.11 Å². The lowest BCUT2D eigenvalue weighted by molar-refractivity contribution is 0.477. The monoisotopic (exact) mass is 258 g/mol. The molecule has 0 aliphatic heterocycles. The maximum atomic E-state index is 9.90. The van der Waals surface area contributed by atoms with E-state index in [4.69, 9.17) is 17.2 Å². The highest BCUT2D eigenvalue weighted by Gasteiger charge is 2.08. The summed E-state index contributed by atoms with van der Waals surface area (Å²) in [6, 6.07) is 6.79. The highest BCUT2D eigenvalue weighted by Crippen LogP contribution is 2.34. The molecular formula is C14H18N4O. The number of nitrogens with two attached hydrogens (primary N) is 3. The summed E-state index contributed by atoms with van der Waals surface area (Å²) in [5.74, 6) is 0.116. The minimum atomic E-state index is 0.116. The van der Waals surface area contributed by atoms with E-state index in [1.54, 1.807) is 24.3 Å². The van der Waals surface area contributed by atoms with Gasteiger partial charge in [-0.05, 0) is 49.2 Å². The Hall–Kier alpha value is -2.56.